The summed E-state index contributed by atoms with van der Waals surface area (Å²) in [6.07, 6.45) is 11.8. The first-order valence-electron chi connectivity index (χ1n) is 7.44. The van der Waals surface area contributed by atoms with Gasteiger partial charge in [-0.3, -0.25) is 15.0 Å². The molecule has 0 aromatic carbocycles. The highest BCUT2D eigenvalue weighted by molar-refractivity contribution is 5.41. The Hall–Kier alpha value is -2.08. The summed E-state index contributed by atoms with van der Waals surface area (Å²) in [6, 6.07) is 0. The Morgan fingerprint density at radius 2 is 1.86 bits per heavy atom. The molecule has 0 radical (unpaired) electrons. The van der Waals surface area contributed by atoms with Crippen LogP contribution in [-0.2, 0) is 6.42 Å². The molecular formula is C15H20N6. The zero-order valence-electron chi connectivity index (χ0n) is 12.0. The first-order chi connectivity index (χ1) is 10.4. The van der Waals surface area contributed by atoms with Crippen LogP contribution in [0.15, 0.2) is 31.0 Å². The van der Waals surface area contributed by atoms with E-state index in [1.54, 1.807) is 31.0 Å². The summed E-state index contributed by atoms with van der Waals surface area (Å²) in [7, 11) is 0. The van der Waals surface area contributed by atoms with Crippen LogP contribution >= 0.6 is 0 Å². The van der Waals surface area contributed by atoms with E-state index in [-0.39, 0.29) is 0 Å². The second-order valence-electron chi connectivity index (χ2n) is 5.19. The summed E-state index contributed by atoms with van der Waals surface area (Å²) in [5.74, 6) is 1.41. The van der Waals surface area contributed by atoms with Crippen molar-refractivity contribution in [1.29, 1.82) is 0 Å². The van der Waals surface area contributed by atoms with E-state index in [2.05, 4.69) is 30.6 Å². The Morgan fingerprint density at radius 1 is 1.05 bits per heavy atom. The molecule has 0 unspecified atom stereocenters. The van der Waals surface area contributed by atoms with Crippen molar-refractivity contribution in [1.82, 2.24) is 25.3 Å². The van der Waals surface area contributed by atoms with Gasteiger partial charge in [0.05, 0.1) is 11.4 Å². The van der Waals surface area contributed by atoms with Gasteiger partial charge in [0.15, 0.2) is 0 Å². The van der Waals surface area contributed by atoms with Crippen LogP contribution < -0.4 is 10.6 Å². The van der Waals surface area contributed by atoms with Crippen molar-refractivity contribution in [2.75, 3.05) is 25.0 Å². The standard InChI is InChI=1S/C15H20N6/c1-4-16-5-2-12(1)14-15(21-10-9-19-14)20-6-3-13-11-17-7-8-18-13/h7-12,16H,1-6H2,(H,20,21). The lowest BCUT2D eigenvalue weighted by Crippen LogP contribution is -2.27. The highest BCUT2D eigenvalue weighted by Crippen LogP contribution is 2.27. The lowest BCUT2D eigenvalue weighted by Gasteiger charge is -2.23. The molecule has 2 N–H and O–H groups in total. The van der Waals surface area contributed by atoms with Crippen molar-refractivity contribution < 1.29 is 0 Å². The zero-order chi connectivity index (χ0) is 14.3. The van der Waals surface area contributed by atoms with Gasteiger partial charge in [0.1, 0.15) is 5.82 Å². The second-order valence-corrected chi connectivity index (χ2v) is 5.19. The molecule has 0 bridgehead atoms. The maximum Gasteiger partial charge on any atom is 0.148 e. The lowest BCUT2D eigenvalue weighted by atomic mass is 9.94. The van der Waals surface area contributed by atoms with Gasteiger partial charge in [-0.25, -0.2) is 4.98 Å². The molecule has 0 aliphatic carbocycles. The molecule has 0 spiro atoms. The minimum atomic E-state index is 0.499. The Bertz CT molecular complexity index is 553. The summed E-state index contributed by atoms with van der Waals surface area (Å²) in [4.78, 5) is 17.4. The van der Waals surface area contributed by atoms with E-state index in [0.717, 1.165) is 56.1 Å². The predicted octanol–water partition coefficient (Wildman–Crippen LogP) is 1.39. The van der Waals surface area contributed by atoms with Crippen molar-refractivity contribution >= 4 is 5.82 Å². The monoisotopic (exact) mass is 284 g/mol. The van der Waals surface area contributed by atoms with Gasteiger partial charge in [0, 0.05) is 49.9 Å². The quantitative estimate of drug-likeness (QED) is 0.864. The first kappa shape index (κ1) is 13.9. The van der Waals surface area contributed by atoms with Crippen molar-refractivity contribution in [3.8, 4) is 0 Å². The van der Waals surface area contributed by atoms with Gasteiger partial charge < -0.3 is 10.6 Å². The molecule has 0 amide bonds. The Labute approximate surface area is 124 Å². The third kappa shape index (κ3) is 3.72. The fourth-order valence-electron chi connectivity index (χ4n) is 2.65. The Morgan fingerprint density at radius 3 is 2.67 bits per heavy atom. The van der Waals surface area contributed by atoms with Gasteiger partial charge in [-0.2, -0.15) is 0 Å². The molecule has 6 nitrogen and oxygen atoms in total. The molecule has 1 aliphatic rings. The Balaban J connectivity index is 1.62. The van der Waals surface area contributed by atoms with E-state index in [1.807, 2.05) is 0 Å². The number of piperidine rings is 1. The summed E-state index contributed by atoms with van der Waals surface area (Å²) in [6.45, 7) is 2.90. The molecule has 2 aromatic heterocycles. The largest absolute Gasteiger partial charge is 0.368 e. The second kappa shape index (κ2) is 7.08. The van der Waals surface area contributed by atoms with Crippen LogP contribution in [-0.4, -0.2) is 39.6 Å². The first-order valence-corrected chi connectivity index (χ1v) is 7.44. The van der Waals surface area contributed by atoms with E-state index in [1.165, 1.54) is 0 Å². The van der Waals surface area contributed by atoms with Crippen LogP contribution in [0.4, 0.5) is 5.82 Å². The number of anilines is 1. The van der Waals surface area contributed by atoms with E-state index in [0.29, 0.717) is 5.92 Å². The zero-order valence-corrected chi connectivity index (χ0v) is 12.0. The summed E-state index contributed by atoms with van der Waals surface area (Å²) >= 11 is 0. The number of hydrogen-bond acceptors (Lipinski definition) is 6. The predicted molar refractivity (Wildman–Crippen MR) is 81.1 cm³/mol. The molecule has 1 saturated heterocycles. The number of nitrogens with zero attached hydrogens (tertiary/aromatic N) is 4. The van der Waals surface area contributed by atoms with Gasteiger partial charge in [-0.05, 0) is 25.9 Å². The molecule has 0 saturated carbocycles. The molecule has 2 aromatic rings. The average molecular weight is 284 g/mol. The topological polar surface area (TPSA) is 75.6 Å². The minimum Gasteiger partial charge on any atom is -0.368 e. The van der Waals surface area contributed by atoms with Gasteiger partial charge in [-0.15, -0.1) is 0 Å². The highest BCUT2D eigenvalue weighted by atomic mass is 15.0. The smallest absolute Gasteiger partial charge is 0.148 e. The van der Waals surface area contributed by atoms with Gasteiger partial charge in [0.2, 0.25) is 0 Å². The molecule has 110 valence electrons. The van der Waals surface area contributed by atoms with E-state index >= 15 is 0 Å². The van der Waals surface area contributed by atoms with Crippen LogP contribution in [0.2, 0.25) is 0 Å². The fraction of sp³-hybridized carbons (Fsp3) is 0.467. The summed E-state index contributed by atoms with van der Waals surface area (Å²) in [5, 5.41) is 6.78. The number of nitrogens with one attached hydrogen (secondary N) is 2. The normalized spacial score (nSPS) is 15.8. The summed E-state index contributed by atoms with van der Waals surface area (Å²) < 4.78 is 0. The summed E-state index contributed by atoms with van der Waals surface area (Å²) in [5.41, 5.74) is 2.08. The van der Waals surface area contributed by atoms with Crippen LogP contribution in [0.3, 0.4) is 0 Å². The molecule has 6 heteroatoms. The van der Waals surface area contributed by atoms with Crippen LogP contribution in [0.1, 0.15) is 30.1 Å². The molecule has 3 heterocycles. The SMILES string of the molecule is c1cnc(CCNc2nccnc2C2CCNCC2)cn1. The van der Waals surface area contributed by atoms with Crippen molar-refractivity contribution in [2.24, 2.45) is 0 Å². The van der Waals surface area contributed by atoms with Gasteiger partial charge in [-0.1, -0.05) is 0 Å². The highest BCUT2D eigenvalue weighted by Gasteiger charge is 2.20. The average Bonchev–Trinajstić information content (AvgIpc) is 2.57. The van der Waals surface area contributed by atoms with Crippen LogP contribution in [0.5, 0.6) is 0 Å². The van der Waals surface area contributed by atoms with E-state index in [4.69, 9.17) is 0 Å². The molecule has 3 rings (SSSR count). The maximum atomic E-state index is 4.55. The van der Waals surface area contributed by atoms with Gasteiger partial charge >= 0.3 is 0 Å². The third-order valence-electron chi connectivity index (χ3n) is 3.74. The van der Waals surface area contributed by atoms with Crippen molar-refractivity contribution in [2.45, 2.75) is 25.2 Å². The molecule has 1 fully saturated rings. The van der Waals surface area contributed by atoms with Crippen LogP contribution in [0.25, 0.3) is 0 Å². The number of aromatic nitrogens is 4. The van der Waals surface area contributed by atoms with E-state index in [9.17, 15) is 0 Å². The minimum absolute atomic E-state index is 0.499. The van der Waals surface area contributed by atoms with Gasteiger partial charge in [0.25, 0.3) is 0 Å². The van der Waals surface area contributed by atoms with Crippen molar-refractivity contribution in [3.63, 3.8) is 0 Å². The fourth-order valence-corrected chi connectivity index (χ4v) is 2.65. The molecule has 0 atom stereocenters. The third-order valence-corrected chi connectivity index (χ3v) is 3.74. The Kier molecular flexibility index (Phi) is 4.68. The lowest BCUT2D eigenvalue weighted by molar-refractivity contribution is 0.453. The molecule has 1 aliphatic heterocycles. The molecular weight excluding hydrogens is 264 g/mol. The van der Waals surface area contributed by atoms with Crippen molar-refractivity contribution in [3.05, 3.63) is 42.4 Å². The van der Waals surface area contributed by atoms with Crippen LogP contribution in [0, 0.1) is 0 Å². The maximum absolute atomic E-state index is 4.55. The van der Waals surface area contributed by atoms with E-state index < -0.39 is 0 Å². The molecule has 21 heavy (non-hydrogen) atoms. The number of rotatable bonds is 5. The number of hydrogen-bond donors (Lipinski definition) is 2.